The SMILES string of the molecule is OC12CC3CC(C1)CC(NCc1ccccc1OCc1ccccc1)(C3)C2. The third kappa shape index (κ3) is 3.51. The van der Waals surface area contributed by atoms with Crippen LogP contribution in [0.4, 0.5) is 0 Å². The van der Waals surface area contributed by atoms with Crippen LogP contribution < -0.4 is 10.1 Å². The first kappa shape index (κ1) is 17.3. The molecule has 2 unspecified atom stereocenters. The van der Waals surface area contributed by atoms with E-state index in [0.29, 0.717) is 18.4 Å². The van der Waals surface area contributed by atoms with E-state index in [4.69, 9.17) is 4.74 Å². The number of aliphatic hydroxyl groups is 1. The summed E-state index contributed by atoms with van der Waals surface area (Å²) in [6.45, 7) is 1.40. The summed E-state index contributed by atoms with van der Waals surface area (Å²) in [5.41, 5.74) is 2.09. The number of ether oxygens (including phenoxy) is 1. The number of benzene rings is 2. The van der Waals surface area contributed by atoms with Gasteiger partial charge in [0.1, 0.15) is 12.4 Å². The zero-order valence-electron chi connectivity index (χ0n) is 15.9. The molecule has 6 rings (SSSR count). The predicted octanol–water partition coefficient (Wildman–Crippen LogP) is 4.44. The molecule has 3 heteroatoms. The maximum Gasteiger partial charge on any atom is 0.124 e. The highest BCUT2D eigenvalue weighted by Gasteiger charge is 2.56. The summed E-state index contributed by atoms with van der Waals surface area (Å²) in [6, 6.07) is 18.6. The van der Waals surface area contributed by atoms with Gasteiger partial charge in [-0.3, -0.25) is 0 Å². The minimum Gasteiger partial charge on any atom is -0.489 e. The second-order valence-electron chi connectivity index (χ2n) is 9.20. The Balaban J connectivity index is 1.28. The Bertz CT molecular complexity index is 789. The molecule has 0 amide bonds. The van der Waals surface area contributed by atoms with Crippen molar-refractivity contribution in [1.29, 1.82) is 0 Å². The van der Waals surface area contributed by atoms with E-state index in [-0.39, 0.29) is 5.54 Å². The van der Waals surface area contributed by atoms with E-state index >= 15 is 0 Å². The fraction of sp³-hybridized carbons (Fsp3) is 0.500. The van der Waals surface area contributed by atoms with Crippen LogP contribution in [0.15, 0.2) is 54.6 Å². The minimum atomic E-state index is -0.416. The van der Waals surface area contributed by atoms with Crippen molar-refractivity contribution in [1.82, 2.24) is 5.32 Å². The fourth-order valence-electron chi connectivity index (χ4n) is 6.23. The lowest BCUT2D eigenvalue weighted by Gasteiger charge is -2.60. The minimum absolute atomic E-state index is 0.116. The summed E-state index contributed by atoms with van der Waals surface area (Å²) in [6.07, 6.45) is 6.72. The van der Waals surface area contributed by atoms with Crippen molar-refractivity contribution >= 4 is 0 Å². The van der Waals surface area contributed by atoms with Crippen molar-refractivity contribution in [2.75, 3.05) is 0 Å². The van der Waals surface area contributed by atoms with E-state index in [1.54, 1.807) is 0 Å². The van der Waals surface area contributed by atoms with E-state index in [1.807, 2.05) is 24.3 Å². The standard InChI is InChI=1S/C24H29NO2/c26-24-13-19-10-20(14-24)12-23(11-19,17-24)25-15-21-8-4-5-9-22(21)27-16-18-6-2-1-3-7-18/h1-9,19-20,25-26H,10-17H2. The first-order chi connectivity index (χ1) is 13.1. The molecule has 142 valence electrons. The molecule has 4 bridgehead atoms. The molecule has 4 fully saturated rings. The summed E-state index contributed by atoms with van der Waals surface area (Å²) < 4.78 is 6.13. The molecule has 3 nitrogen and oxygen atoms in total. The smallest absolute Gasteiger partial charge is 0.124 e. The van der Waals surface area contributed by atoms with Crippen molar-refractivity contribution in [3.63, 3.8) is 0 Å². The van der Waals surface area contributed by atoms with E-state index in [9.17, 15) is 5.11 Å². The second-order valence-corrected chi connectivity index (χ2v) is 9.20. The maximum absolute atomic E-state index is 11.0. The molecule has 0 saturated heterocycles. The zero-order chi connectivity index (χ0) is 18.3. The summed E-state index contributed by atoms with van der Waals surface area (Å²) in [7, 11) is 0. The van der Waals surface area contributed by atoms with Gasteiger partial charge in [-0.25, -0.2) is 0 Å². The predicted molar refractivity (Wildman–Crippen MR) is 106 cm³/mol. The summed E-state index contributed by atoms with van der Waals surface area (Å²) in [5, 5.41) is 14.8. The van der Waals surface area contributed by atoms with Crippen molar-refractivity contribution in [3.05, 3.63) is 65.7 Å². The number of hydrogen-bond donors (Lipinski definition) is 2. The maximum atomic E-state index is 11.0. The first-order valence-corrected chi connectivity index (χ1v) is 10.3. The summed E-state index contributed by atoms with van der Waals surface area (Å²) in [4.78, 5) is 0. The van der Waals surface area contributed by atoms with Crippen LogP contribution in [0.2, 0.25) is 0 Å². The normalized spacial score (nSPS) is 34.0. The van der Waals surface area contributed by atoms with Crippen molar-refractivity contribution < 1.29 is 9.84 Å². The lowest BCUT2D eigenvalue weighted by atomic mass is 9.51. The highest BCUT2D eigenvalue weighted by atomic mass is 16.5. The van der Waals surface area contributed by atoms with Crippen LogP contribution in [0, 0.1) is 11.8 Å². The average Bonchev–Trinajstić information content (AvgIpc) is 2.64. The van der Waals surface area contributed by atoms with Crippen molar-refractivity contribution in [2.24, 2.45) is 11.8 Å². The molecule has 2 atom stereocenters. The van der Waals surface area contributed by atoms with Gasteiger partial charge in [0.15, 0.2) is 0 Å². The molecule has 2 aromatic carbocycles. The quantitative estimate of drug-likeness (QED) is 0.797. The van der Waals surface area contributed by atoms with E-state index < -0.39 is 5.60 Å². The lowest BCUT2D eigenvalue weighted by molar-refractivity contribution is -0.142. The summed E-state index contributed by atoms with van der Waals surface area (Å²) in [5.74, 6) is 2.36. The third-order valence-electron chi connectivity index (χ3n) is 6.89. The van der Waals surface area contributed by atoms with Crippen LogP contribution in [-0.2, 0) is 13.2 Å². The molecule has 0 aliphatic heterocycles. The fourth-order valence-corrected chi connectivity index (χ4v) is 6.23. The molecule has 4 saturated carbocycles. The number of hydrogen-bond acceptors (Lipinski definition) is 3. The van der Waals surface area contributed by atoms with E-state index in [2.05, 4.69) is 35.6 Å². The van der Waals surface area contributed by atoms with Crippen molar-refractivity contribution in [3.8, 4) is 5.75 Å². The third-order valence-corrected chi connectivity index (χ3v) is 6.89. The van der Waals surface area contributed by atoms with Gasteiger partial charge in [-0.1, -0.05) is 48.5 Å². The molecular weight excluding hydrogens is 334 g/mol. The monoisotopic (exact) mass is 363 g/mol. The number of nitrogens with one attached hydrogen (secondary N) is 1. The van der Waals surface area contributed by atoms with Crippen LogP contribution >= 0.6 is 0 Å². The molecule has 0 heterocycles. The molecular formula is C24H29NO2. The lowest BCUT2D eigenvalue weighted by Crippen LogP contribution is -2.64. The molecule has 27 heavy (non-hydrogen) atoms. The van der Waals surface area contributed by atoms with E-state index in [1.165, 1.54) is 30.4 Å². The van der Waals surface area contributed by atoms with Crippen LogP contribution in [-0.4, -0.2) is 16.2 Å². The molecule has 2 N–H and O–H groups in total. The van der Waals surface area contributed by atoms with Crippen molar-refractivity contribution in [2.45, 2.75) is 62.8 Å². The Hall–Kier alpha value is -1.84. The highest BCUT2D eigenvalue weighted by Crippen LogP contribution is 2.57. The Kier molecular flexibility index (Phi) is 4.25. The van der Waals surface area contributed by atoms with Crippen LogP contribution in [0.5, 0.6) is 5.75 Å². The molecule has 4 aliphatic rings. The zero-order valence-corrected chi connectivity index (χ0v) is 15.9. The van der Waals surface area contributed by atoms with Gasteiger partial charge in [0.05, 0.1) is 5.60 Å². The Labute approximate surface area is 161 Å². The second kappa shape index (κ2) is 6.65. The molecule has 0 radical (unpaired) electrons. The van der Waals surface area contributed by atoms with Gasteiger partial charge in [0.2, 0.25) is 0 Å². The van der Waals surface area contributed by atoms with Gasteiger partial charge in [-0.2, -0.15) is 0 Å². The summed E-state index contributed by atoms with van der Waals surface area (Å²) >= 11 is 0. The number of rotatable bonds is 6. The Morgan fingerprint density at radius 2 is 1.63 bits per heavy atom. The Morgan fingerprint density at radius 3 is 2.37 bits per heavy atom. The number of para-hydroxylation sites is 1. The topological polar surface area (TPSA) is 41.5 Å². The van der Waals surface area contributed by atoms with Gasteiger partial charge < -0.3 is 15.2 Å². The van der Waals surface area contributed by atoms with E-state index in [0.717, 1.165) is 31.6 Å². The van der Waals surface area contributed by atoms with Gasteiger partial charge >= 0.3 is 0 Å². The van der Waals surface area contributed by atoms with Crippen LogP contribution in [0.3, 0.4) is 0 Å². The largest absolute Gasteiger partial charge is 0.489 e. The first-order valence-electron chi connectivity index (χ1n) is 10.3. The molecule has 2 aromatic rings. The highest BCUT2D eigenvalue weighted by molar-refractivity contribution is 5.34. The van der Waals surface area contributed by atoms with Gasteiger partial charge in [0, 0.05) is 17.6 Å². The molecule has 0 spiro atoms. The van der Waals surface area contributed by atoms with Crippen LogP contribution in [0.1, 0.15) is 49.7 Å². The van der Waals surface area contributed by atoms with Gasteiger partial charge in [-0.15, -0.1) is 0 Å². The molecule has 4 aliphatic carbocycles. The molecule has 0 aromatic heterocycles. The van der Waals surface area contributed by atoms with Crippen LogP contribution in [0.25, 0.3) is 0 Å². The van der Waals surface area contributed by atoms with Gasteiger partial charge in [0.25, 0.3) is 0 Å². The average molecular weight is 364 g/mol. The van der Waals surface area contributed by atoms with Gasteiger partial charge in [-0.05, 0) is 62.0 Å². The Morgan fingerprint density at radius 1 is 0.926 bits per heavy atom.